The van der Waals surface area contributed by atoms with E-state index in [9.17, 15) is 19.2 Å². The van der Waals surface area contributed by atoms with Crippen LogP contribution in [0, 0.1) is 0 Å². The number of aliphatic carboxylic acids is 1. The zero-order valence-corrected chi connectivity index (χ0v) is 13.7. The van der Waals surface area contributed by atoms with Crippen molar-refractivity contribution in [1.29, 1.82) is 0 Å². The fourth-order valence-corrected chi connectivity index (χ4v) is 3.09. The van der Waals surface area contributed by atoms with Crippen LogP contribution >= 0.6 is 0 Å². The number of carbonyl (C=O) groups is 4. The summed E-state index contributed by atoms with van der Waals surface area (Å²) in [5.74, 6) is -2.16. The van der Waals surface area contributed by atoms with Gasteiger partial charge < -0.3 is 26.0 Å². The van der Waals surface area contributed by atoms with Crippen LogP contribution in [0.4, 0.5) is 0 Å². The number of nitrogens with zero attached hydrogens (tertiary/aromatic N) is 1. The Hall–Kier alpha value is -2.16. The molecule has 0 bridgehead atoms. The van der Waals surface area contributed by atoms with Gasteiger partial charge in [-0.3, -0.25) is 14.4 Å². The van der Waals surface area contributed by atoms with E-state index in [0.717, 1.165) is 19.4 Å². The summed E-state index contributed by atoms with van der Waals surface area (Å²) in [5.41, 5.74) is 0. The van der Waals surface area contributed by atoms with Crippen LogP contribution in [-0.4, -0.2) is 71.5 Å². The second-order valence-electron chi connectivity index (χ2n) is 6.18. The second kappa shape index (κ2) is 8.09. The SMILES string of the molecule is CC(NC(=O)CNC(=O)C1CCCN1)C(=O)N1CCCC1C(=O)O. The van der Waals surface area contributed by atoms with Crippen molar-refractivity contribution in [3.8, 4) is 0 Å². The molecule has 0 saturated carbocycles. The lowest BCUT2D eigenvalue weighted by Gasteiger charge is -2.25. The van der Waals surface area contributed by atoms with Crippen molar-refractivity contribution in [3.63, 3.8) is 0 Å². The Morgan fingerprint density at radius 1 is 1.25 bits per heavy atom. The normalized spacial score (nSPS) is 24.5. The molecule has 0 aromatic heterocycles. The number of hydrogen-bond acceptors (Lipinski definition) is 5. The largest absolute Gasteiger partial charge is 0.480 e. The molecule has 134 valence electrons. The number of carbonyl (C=O) groups excluding carboxylic acids is 3. The zero-order valence-electron chi connectivity index (χ0n) is 13.7. The number of rotatable bonds is 6. The molecular formula is C15H24N4O5. The van der Waals surface area contributed by atoms with E-state index in [1.165, 1.54) is 11.8 Å². The van der Waals surface area contributed by atoms with Crippen LogP contribution in [0.1, 0.15) is 32.6 Å². The third-order valence-electron chi connectivity index (χ3n) is 4.37. The molecule has 0 aliphatic carbocycles. The number of likely N-dealkylation sites (tertiary alicyclic amines) is 1. The summed E-state index contributed by atoms with van der Waals surface area (Å²) in [6, 6.07) is -1.93. The predicted molar refractivity (Wildman–Crippen MR) is 84.0 cm³/mol. The molecule has 2 aliphatic rings. The first kappa shape index (κ1) is 18.2. The van der Waals surface area contributed by atoms with E-state index < -0.39 is 29.9 Å². The average Bonchev–Trinajstić information content (AvgIpc) is 3.22. The molecule has 0 aromatic carbocycles. The van der Waals surface area contributed by atoms with E-state index in [1.54, 1.807) is 0 Å². The Bertz CT molecular complexity index is 518. The van der Waals surface area contributed by atoms with E-state index in [4.69, 9.17) is 5.11 Å². The van der Waals surface area contributed by atoms with Crippen LogP contribution in [0.25, 0.3) is 0 Å². The van der Waals surface area contributed by atoms with Gasteiger partial charge in [0.25, 0.3) is 0 Å². The van der Waals surface area contributed by atoms with Gasteiger partial charge >= 0.3 is 5.97 Å². The van der Waals surface area contributed by atoms with Crippen LogP contribution in [0.2, 0.25) is 0 Å². The molecule has 4 N–H and O–H groups in total. The molecule has 3 amide bonds. The second-order valence-corrected chi connectivity index (χ2v) is 6.18. The highest BCUT2D eigenvalue weighted by molar-refractivity contribution is 5.92. The number of carboxylic acid groups (broad SMARTS) is 1. The van der Waals surface area contributed by atoms with Gasteiger partial charge in [0.1, 0.15) is 12.1 Å². The first-order chi connectivity index (χ1) is 11.4. The predicted octanol–water partition coefficient (Wildman–Crippen LogP) is -1.57. The van der Waals surface area contributed by atoms with E-state index in [2.05, 4.69) is 16.0 Å². The number of amides is 3. The van der Waals surface area contributed by atoms with Crippen molar-refractivity contribution >= 4 is 23.7 Å². The molecule has 2 saturated heterocycles. The smallest absolute Gasteiger partial charge is 0.326 e. The molecule has 2 aliphatic heterocycles. The Labute approximate surface area is 140 Å². The molecular weight excluding hydrogens is 316 g/mol. The third kappa shape index (κ3) is 4.44. The van der Waals surface area contributed by atoms with E-state index in [-0.39, 0.29) is 18.5 Å². The van der Waals surface area contributed by atoms with Crippen LogP contribution in [0.15, 0.2) is 0 Å². The Kier molecular flexibility index (Phi) is 6.13. The molecule has 2 rings (SSSR count). The molecule has 9 heteroatoms. The van der Waals surface area contributed by atoms with E-state index in [0.29, 0.717) is 19.4 Å². The van der Waals surface area contributed by atoms with Gasteiger partial charge in [-0.2, -0.15) is 0 Å². The molecule has 3 atom stereocenters. The zero-order chi connectivity index (χ0) is 17.7. The third-order valence-corrected chi connectivity index (χ3v) is 4.37. The summed E-state index contributed by atoms with van der Waals surface area (Å²) in [5, 5.41) is 17.2. The summed E-state index contributed by atoms with van der Waals surface area (Å²) < 4.78 is 0. The lowest BCUT2D eigenvalue weighted by molar-refractivity contribution is -0.149. The van der Waals surface area contributed by atoms with Gasteiger partial charge in [-0.15, -0.1) is 0 Å². The summed E-state index contributed by atoms with van der Waals surface area (Å²) >= 11 is 0. The van der Waals surface area contributed by atoms with Crippen LogP contribution < -0.4 is 16.0 Å². The quantitative estimate of drug-likeness (QED) is 0.463. The monoisotopic (exact) mass is 340 g/mol. The fraction of sp³-hybridized carbons (Fsp3) is 0.733. The maximum absolute atomic E-state index is 12.3. The Morgan fingerprint density at radius 2 is 2.00 bits per heavy atom. The van der Waals surface area contributed by atoms with Crippen molar-refractivity contribution < 1.29 is 24.3 Å². The van der Waals surface area contributed by atoms with Crippen molar-refractivity contribution in [2.75, 3.05) is 19.6 Å². The Morgan fingerprint density at radius 3 is 2.62 bits per heavy atom. The first-order valence-corrected chi connectivity index (χ1v) is 8.24. The molecule has 0 aromatic rings. The Balaban J connectivity index is 1.77. The maximum Gasteiger partial charge on any atom is 0.326 e. The standard InChI is InChI=1S/C15H24N4O5/c1-9(14(22)19-7-3-5-11(19)15(23)24)18-12(20)8-17-13(21)10-4-2-6-16-10/h9-11,16H,2-8H2,1H3,(H,17,21)(H,18,20)(H,23,24). The van der Waals surface area contributed by atoms with Crippen molar-refractivity contribution in [1.82, 2.24) is 20.9 Å². The highest BCUT2D eigenvalue weighted by Gasteiger charge is 2.36. The minimum Gasteiger partial charge on any atom is -0.480 e. The highest BCUT2D eigenvalue weighted by atomic mass is 16.4. The molecule has 0 spiro atoms. The summed E-state index contributed by atoms with van der Waals surface area (Å²) in [4.78, 5) is 48.4. The highest BCUT2D eigenvalue weighted by Crippen LogP contribution is 2.18. The number of hydrogen-bond donors (Lipinski definition) is 4. The van der Waals surface area contributed by atoms with Crippen molar-refractivity contribution in [2.24, 2.45) is 0 Å². The summed E-state index contributed by atoms with van der Waals surface area (Å²) in [7, 11) is 0. The molecule has 2 fully saturated rings. The lowest BCUT2D eigenvalue weighted by atomic mass is 10.2. The van der Waals surface area contributed by atoms with Gasteiger partial charge in [0.15, 0.2) is 0 Å². The van der Waals surface area contributed by atoms with E-state index in [1.807, 2.05) is 0 Å². The topological polar surface area (TPSA) is 128 Å². The van der Waals surface area contributed by atoms with Gasteiger partial charge in [-0.1, -0.05) is 0 Å². The van der Waals surface area contributed by atoms with E-state index >= 15 is 0 Å². The van der Waals surface area contributed by atoms with Crippen LogP contribution in [-0.2, 0) is 19.2 Å². The first-order valence-electron chi connectivity index (χ1n) is 8.24. The van der Waals surface area contributed by atoms with Crippen LogP contribution in [0.5, 0.6) is 0 Å². The molecule has 3 unspecified atom stereocenters. The number of carboxylic acids is 1. The number of nitrogens with one attached hydrogen (secondary N) is 3. The molecule has 9 nitrogen and oxygen atoms in total. The fourth-order valence-electron chi connectivity index (χ4n) is 3.09. The minimum atomic E-state index is -1.03. The summed E-state index contributed by atoms with van der Waals surface area (Å²) in [6.45, 7) is 2.46. The van der Waals surface area contributed by atoms with Gasteiger partial charge in [0.2, 0.25) is 17.7 Å². The van der Waals surface area contributed by atoms with Crippen molar-refractivity contribution in [2.45, 2.75) is 50.7 Å². The maximum atomic E-state index is 12.3. The minimum absolute atomic E-state index is 0.211. The van der Waals surface area contributed by atoms with Crippen LogP contribution in [0.3, 0.4) is 0 Å². The summed E-state index contributed by atoms with van der Waals surface area (Å²) in [6.07, 6.45) is 2.73. The molecule has 2 heterocycles. The molecule has 0 radical (unpaired) electrons. The van der Waals surface area contributed by atoms with Gasteiger partial charge in [0, 0.05) is 6.54 Å². The van der Waals surface area contributed by atoms with Gasteiger partial charge in [-0.05, 0) is 39.2 Å². The van der Waals surface area contributed by atoms with Gasteiger partial charge in [-0.25, -0.2) is 4.79 Å². The molecule has 24 heavy (non-hydrogen) atoms. The van der Waals surface area contributed by atoms with Gasteiger partial charge in [0.05, 0.1) is 12.6 Å². The lowest BCUT2D eigenvalue weighted by Crippen LogP contribution is -2.52. The average molecular weight is 340 g/mol. The van der Waals surface area contributed by atoms with Crippen molar-refractivity contribution in [3.05, 3.63) is 0 Å².